The largest absolute Gasteiger partial charge is 0.315 e. The number of unbranched alkanes of at least 4 members (excludes halogenated alkanes) is 9. The first kappa shape index (κ1) is 19.0. The van der Waals surface area contributed by atoms with Gasteiger partial charge in [0.05, 0.1) is 0 Å². The van der Waals surface area contributed by atoms with E-state index < -0.39 is 0 Å². The van der Waals surface area contributed by atoms with Gasteiger partial charge in [0.15, 0.2) is 0 Å². The van der Waals surface area contributed by atoms with Crippen LogP contribution in [-0.4, -0.2) is 37.1 Å². The molecule has 0 radical (unpaired) electrons. The van der Waals surface area contributed by atoms with Crippen LogP contribution in [0.15, 0.2) is 0 Å². The van der Waals surface area contributed by atoms with Crippen molar-refractivity contribution < 1.29 is 0 Å². The zero-order chi connectivity index (χ0) is 15.2. The molecule has 0 aliphatic carbocycles. The average Bonchev–Trinajstić information content (AvgIpc) is 3.02. The highest BCUT2D eigenvalue weighted by Crippen LogP contribution is 2.11. The summed E-state index contributed by atoms with van der Waals surface area (Å²) in [6.45, 7) is 9.70. The van der Waals surface area contributed by atoms with Gasteiger partial charge in [-0.15, -0.1) is 0 Å². The molecule has 21 heavy (non-hydrogen) atoms. The van der Waals surface area contributed by atoms with Crippen molar-refractivity contribution in [2.75, 3.05) is 26.2 Å². The fourth-order valence-electron chi connectivity index (χ4n) is 3.36. The predicted molar refractivity (Wildman–Crippen MR) is 95.0 cm³/mol. The Balaban J connectivity index is 1.74. The van der Waals surface area contributed by atoms with Gasteiger partial charge in [-0.25, -0.2) is 0 Å². The Morgan fingerprint density at radius 1 is 0.810 bits per heavy atom. The topological polar surface area (TPSA) is 15.3 Å². The Morgan fingerprint density at radius 3 is 1.90 bits per heavy atom. The number of nitrogens with one attached hydrogen (secondary N) is 1. The molecule has 2 heteroatoms. The number of nitrogens with zero attached hydrogens (tertiary/aromatic N) is 1. The van der Waals surface area contributed by atoms with Crippen LogP contribution in [0.3, 0.4) is 0 Å². The Morgan fingerprint density at radius 2 is 1.33 bits per heavy atom. The lowest BCUT2D eigenvalue weighted by Gasteiger charge is -2.23. The maximum absolute atomic E-state index is 3.65. The first-order chi connectivity index (χ1) is 10.3. The van der Waals surface area contributed by atoms with Crippen LogP contribution in [0.5, 0.6) is 0 Å². The van der Waals surface area contributed by atoms with E-state index in [1.807, 2.05) is 0 Å². The Bertz CT molecular complexity index is 212. The fourth-order valence-corrected chi connectivity index (χ4v) is 3.36. The second-order valence-electron chi connectivity index (χ2n) is 6.98. The van der Waals surface area contributed by atoms with Crippen LogP contribution in [0.25, 0.3) is 0 Å². The SMILES string of the molecule is CCCCCCCCCCCCNCC(C)N1CCCC1. The first-order valence-corrected chi connectivity index (χ1v) is 9.79. The molecule has 2 nitrogen and oxygen atoms in total. The highest BCUT2D eigenvalue weighted by Gasteiger charge is 2.16. The van der Waals surface area contributed by atoms with Crippen molar-refractivity contribution in [3.05, 3.63) is 0 Å². The van der Waals surface area contributed by atoms with E-state index in [9.17, 15) is 0 Å². The van der Waals surface area contributed by atoms with Crippen molar-refractivity contribution in [3.63, 3.8) is 0 Å². The van der Waals surface area contributed by atoms with Gasteiger partial charge >= 0.3 is 0 Å². The fraction of sp³-hybridized carbons (Fsp3) is 1.00. The maximum atomic E-state index is 3.65. The molecule has 1 fully saturated rings. The van der Waals surface area contributed by atoms with Crippen molar-refractivity contribution in [3.8, 4) is 0 Å². The Labute approximate surface area is 134 Å². The lowest BCUT2D eigenvalue weighted by Crippen LogP contribution is -2.38. The van der Waals surface area contributed by atoms with Gasteiger partial charge in [-0.3, -0.25) is 4.90 Å². The monoisotopic (exact) mass is 296 g/mol. The minimum Gasteiger partial charge on any atom is -0.315 e. The van der Waals surface area contributed by atoms with E-state index in [0.717, 1.165) is 6.04 Å². The summed E-state index contributed by atoms with van der Waals surface area (Å²) in [5.41, 5.74) is 0. The van der Waals surface area contributed by atoms with Crippen molar-refractivity contribution in [1.82, 2.24) is 10.2 Å². The van der Waals surface area contributed by atoms with E-state index >= 15 is 0 Å². The van der Waals surface area contributed by atoms with E-state index in [1.54, 1.807) is 0 Å². The van der Waals surface area contributed by atoms with Crippen LogP contribution in [-0.2, 0) is 0 Å². The van der Waals surface area contributed by atoms with Crippen molar-refractivity contribution in [2.45, 2.75) is 96.9 Å². The molecule has 0 spiro atoms. The third-order valence-electron chi connectivity index (χ3n) is 4.91. The van der Waals surface area contributed by atoms with E-state index in [-0.39, 0.29) is 0 Å². The quantitative estimate of drug-likeness (QED) is 0.455. The molecule has 1 rings (SSSR count). The molecular weight excluding hydrogens is 256 g/mol. The summed E-state index contributed by atoms with van der Waals surface area (Å²) in [7, 11) is 0. The smallest absolute Gasteiger partial charge is 0.0192 e. The maximum Gasteiger partial charge on any atom is 0.0192 e. The Kier molecular flexibility index (Phi) is 12.3. The summed E-state index contributed by atoms with van der Waals surface area (Å²) in [6.07, 6.45) is 17.1. The van der Waals surface area contributed by atoms with Gasteiger partial charge in [0.25, 0.3) is 0 Å². The number of likely N-dealkylation sites (tertiary alicyclic amines) is 1. The number of hydrogen-bond donors (Lipinski definition) is 1. The second-order valence-corrected chi connectivity index (χ2v) is 6.98. The number of hydrogen-bond acceptors (Lipinski definition) is 2. The first-order valence-electron chi connectivity index (χ1n) is 9.79. The van der Waals surface area contributed by atoms with Gasteiger partial charge < -0.3 is 5.32 Å². The number of rotatable bonds is 14. The van der Waals surface area contributed by atoms with E-state index in [1.165, 1.54) is 103 Å². The molecule has 1 N–H and O–H groups in total. The second kappa shape index (κ2) is 13.6. The third-order valence-corrected chi connectivity index (χ3v) is 4.91. The molecule has 0 aromatic carbocycles. The lowest BCUT2D eigenvalue weighted by atomic mass is 10.1. The summed E-state index contributed by atoms with van der Waals surface area (Å²) in [5.74, 6) is 0. The zero-order valence-corrected chi connectivity index (χ0v) is 14.8. The van der Waals surface area contributed by atoms with Crippen LogP contribution >= 0.6 is 0 Å². The van der Waals surface area contributed by atoms with Crippen molar-refractivity contribution >= 4 is 0 Å². The van der Waals surface area contributed by atoms with Gasteiger partial charge in [-0.1, -0.05) is 64.7 Å². The van der Waals surface area contributed by atoms with Gasteiger partial charge in [0.1, 0.15) is 0 Å². The van der Waals surface area contributed by atoms with Crippen LogP contribution in [0.1, 0.15) is 90.9 Å². The Hall–Kier alpha value is -0.0800. The predicted octanol–water partition coefficient (Wildman–Crippen LogP) is 4.98. The van der Waals surface area contributed by atoms with Crippen molar-refractivity contribution in [1.29, 1.82) is 0 Å². The lowest BCUT2D eigenvalue weighted by molar-refractivity contribution is 0.252. The molecule has 1 heterocycles. The molecular formula is C19H40N2. The van der Waals surface area contributed by atoms with Crippen molar-refractivity contribution in [2.24, 2.45) is 0 Å². The molecule has 0 aromatic rings. The molecule has 0 saturated carbocycles. The molecule has 1 unspecified atom stereocenters. The van der Waals surface area contributed by atoms with Gasteiger partial charge in [0, 0.05) is 12.6 Å². The minimum absolute atomic E-state index is 0.732. The molecule has 126 valence electrons. The van der Waals surface area contributed by atoms with E-state index in [2.05, 4.69) is 24.1 Å². The summed E-state index contributed by atoms with van der Waals surface area (Å²) >= 11 is 0. The van der Waals surface area contributed by atoms with Crippen LogP contribution in [0, 0.1) is 0 Å². The molecule has 0 bridgehead atoms. The highest BCUT2D eigenvalue weighted by molar-refractivity contribution is 4.74. The average molecular weight is 297 g/mol. The normalized spacial score (nSPS) is 17.4. The summed E-state index contributed by atoms with van der Waals surface area (Å²) in [5, 5.41) is 3.65. The molecule has 0 aromatic heterocycles. The molecule has 0 amide bonds. The highest BCUT2D eigenvalue weighted by atomic mass is 15.2. The van der Waals surface area contributed by atoms with Gasteiger partial charge in [-0.2, -0.15) is 0 Å². The zero-order valence-electron chi connectivity index (χ0n) is 14.8. The molecule has 1 saturated heterocycles. The molecule has 1 aliphatic rings. The summed E-state index contributed by atoms with van der Waals surface area (Å²) in [4.78, 5) is 2.63. The molecule has 1 atom stereocenters. The van der Waals surface area contributed by atoms with Crippen LogP contribution in [0.2, 0.25) is 0 Å². The van der Waals surface area contributed by atoms with Crippen LogP contribution < -0.4 is 5.32 Å². The minimum atomic E-state index is 0.732. The summed E-state index contributed by atoms with van der Waals surface area (Å²) in [6, 6.07) is 0.732. The van der Waals surface area contributed by atoms with Gasteiger partial charge in [-0.05, 0) is 45.8 Å². The molecule has 1 aliphatic heterocycles. The third kappa shape index (κ3) is 10.3. The summed E-state index contributed by atoms with van der Waals surface area (Å²) < 4.78 is 0. The van der Waals surface area contributed by atoms with Gasteiger partial charge in [0.2, 0.25) is 0 Å². The van der Waals surface area contributed by atoms with Crippen LogP contribution in [0.4, 0.5) is 0 Å². The van der Waals surface area contributed by atoms with E-state index in [0.29, 0.717) is 0 Å². The standard InChI is InChI=1S/C19H40N2/c1-3-4-5-6-7-8-9-10-11-12-15-20-18-19(2)21-16-13-14-17-21/h19-20H,3-18H2,1-2H3. The van der Waals surface area contributed by atoms with E-state index in [4.69, 9.17) is 0 Å².